The first-order valence-electron chi connectivity index (χ1n) is 6.34. The molecule has 0 aliphatic rings. The number of pyridine rings is 1. The normalized spacial score (nSPS) is 10.0. The van der Waals surface area contributed by atoms with E-state index in [4.69, 9.17) is 15.2 Å². The van der Waals surface area contributed by atoms with Gasteiger partial charge in [-0.1, -0.05) is 0 Å². The first-order valence-corrected chi connectivity index (χ1v) is 6.34. The Morgan fingerprint density at radius 2 is 2.05 bits per heavy atom. The quantitative estimate of drug-likeness (QED) is 0.816. The second-order valence-corrected chi connectivity index (χ2v) is 4.34. The fourth-order valence-corrected chi connectivity index (χ4v) is 1.81. The zero-order valence-electron chi connectivity index (χ0n) is 11.9. The fraction of sp³-hybridized carbons (Fsp3) is 0.200. The molecule has 1 aromatic carbocycles. The van der Waals surface area contributed by atoms with Crippen LogP contribution in [0.25, 0.3) is 0 Å². The van der Waals surface area contributed by atoms with Crippen molar-refractivity contribution in [3.63, 3.8) is 0 Å². The molecule has 6 nitrogen and oxygen atoms in total. The highest BCUT2D eigenvalue weighted by atomic mass is 16.5. The Balaban J connectivity index is 2.07. The predicted octanol–water partition coefficient (Wildman–Crippen LogP) is 1.61. The molecule has 1 heterocycles. The average molecular weight is 287 g/mol. The summed E-state index contributed by atoms with van der Waals surface area (Å²) in [5, 5.41) is 2.80. The molecule has 1 amide bonds. The van der Waals surface area contributed by atoms with Crippen LogP contribution in [0.5, 0.6) is 11.6 Å². The molecule has 1 aromatic heterocycles. The number of nitrogens with zero attached hydrogens (tertiary/aromatic N) is 1. The molecular weight excluding hydrogens is 270 g/mol. The van der Waals surface area contributed by atoms with E-state index < -0.39 is 0 Å². The topological polar surface area (TPSA) is 86.5 Å². The second-order valence-electron chi connectivity index (χ2n) is 4.34. The highest BCUT2D eigenvalue weighted by molar-refractivity contribution is 5.99. The molecule has 2 aromatic rings. The standard InChI is InChI=1S/C15H17N3O3/c1-20-11-3-4-13(16)12(8-11)15(19)18-9-10-5-6-17-14(7-10)21-2/h3-8H,9,16H2,1-2H3,(H,18,19). The van der Waals surface area contributed by atoms with Crippen molar-refractivity contribution in [1.29, 1.82) is 0 Å². The van der Waals surface area contributed by atoms with E-state index in [-0.39, 0.29) is 5.91 Å². The summed E-state index contributed by atoms with van der Waals surface area (Å²) in [5.74, 6) is 0.824. The molecule has 110 valence electrons. The van der Waals surface area contributed by atoms with Gasteiger partial charge < -0.3 is 20.5 Å². The number of methoxy groups -OCH3 is 2. The van der Waals surface area contributed by atoms with Crippen LogP contribution in [0.15, 0.2) is 36.5 Å². The molecular formula is C15H17N3O3. The molecule has 0 saturated carbocycles. The molecule has 6 heteroatoms. The lowest BCUT2D eigenvalue weighted by Crippen LogP contribution is -2.23. The van der Waals surface area contributed by atoms with Gasteiger partial charge >= 0.3 is 0 Å². The zero-order valence-corrected chi connectivity index (χ0v) is 11.9. The van der Waals surface area contributed by atoms with Gasteiger partial charge in [0, 0.05) is 24.5 Å². The third kappa shape index (κ3) is 3.62. The third-order valence-electron chi connectivity index (χ3n) is 2.97. The second kappa shape index (κ2) is 6.60. The Morgan fingerprint density at radius 1 is 1.24 bits per heavy atom. The highest BCUT2D eigenvalue weighted by Gasteiger charge is 2.11. The maximum atomic E-state index is 12.2. The summed E-state index contributed by atoms with van der Waals surface area (Å²) in [4.78, 5) is 16.2. The number of benzene rings is 1. The summed E-state index contributed by atoms with van der Waals surface area (Å²) in [6.45, 7) is 0.356. The van der Waals surface area contributed by atoms with Crippen molar-refractivity contribution in [3.8, 4) is 11.6 Å². The maximum Gasteiger partial charge on any atom is 0.253 e. The van der Waals surface area contributed by atoms with Crippen LogP contribution in [0.1, 0.15) is 15.9 Å². The van der Waals surface area contributed by atoms with E-state index in [1.165, 1.54) is 7.11 Å². The average Bonchev–Trinajstić information content (AvgIpc) is 2.53. The van der Waals surface area contributed by atoms with Gasteiger partial charge in [0.1, 0.15) is 5.75 Å². The molecule has 0 saturated heterocycles. The monoisotopic (exact) mass is 287 g/mol. The Bertz CT molecular complexity index is 644. The molecule has 0 aliphatic heterocycles. The summed E-state index contributed by atoms with van der Waals surface area (Å²) in [7, 11) is 3.08. The maximum absolute atomic E-state index is 12.2. The third-order valence-corrected chi connectivity index (χ3v) is 2.97. The molecule has 0 aliphatic carbocycles. The van der Waals surface area contributed by atoms with Crippen LogP contribution >= 0.6 is 0 Å². The number of ether oxygens (including phenoxy) is 2. The molecule has 0 atom stereocenters. The molecule has 2 rings (SSSR count). The van der Waals surface area contributed by atoms with Gasteiger partial charge in [-0.3, -0.25) is 4.79 Å². The number of anilines is 1. The van der Waals surface area contributed by atoms with Crippen LogP contribution in [-0.2, 0) is 6.54 Å². The predicted molar refractivity (Wildman–Crippen MR) is 79.4 cm³/mol. The number of aromatic nitrogens is 1. The molecule has 0 bridgehead atoms. The smallest absolute Gasteiger partial charge is 0.253 e. The van der Waals surface area contributed by atoms with Crippen molar-refractivity contribution in [2.24, 2.45) is 0 Å². The summed E-state index contributed by atoms with van der Waals surface area (Å²) in [5.41, 5.74) is 7.49. The molecule has 0 fully saturated rings. The van der Waals surface area contributed by atoms with Gasteiger partial charge in [-0.25, -0.2) is 4.98 Å². The van der Waals surface area contributed by atoms with Crippen molar-refractivity contribution in [2.75, 3.05) is 20.0 Å². The van der Waals surface area contributed by atoms with E-state index in [9.17, 15) is 4.79 Å². The molecule has 21 heavy (non-hydrogen) atoms. The highest BCUT2D eigenvalue weighted by Crippen LogP contribution is 2.19. The van der Waals surface area contributed by atoms with Crippen LogP contribution in [0, 0.1) is 0 Å². The number of rotatable bonds is 5. The van der Waals surface area contributed by atoms with Crippen LogP contribution in [0.4, 0.5) is 5.69 Å². The number of amides is 1. The SMILES string of the molecule is COc1ccc(N)c(C(=O)NCc2ccnc(OC)c2)c1. The number of carbonyl (C=O) groups is 1. The number of hydrogen-bond acceptors (Lipinski definition) is 5. The lowest BCUT2D eigenvalue weighted by atomic mass is 10.1. The van der Waals surface area contributed by atoms with Crippen molar-refractivity contribution < 1.29 is 14.3 Å². The van der Waals surface area contributed by atoms with Gasteiger partial charge in [0.15, 0.2) is 0 Å². The fourth-order valence-electron chi connectivity index (χ4n) is 1.81. The summed E-state index contributed by atoms with van der Waals surface area (Å²) in [6, 6.07) is 8.52. The largest absolute Gasteiger partial charge is 0.497 e. The van der Waals surface area contributed by atoms with Crippen LogP contribution in [0.3, 0.4) is 0 Å². The number of carbonyl (C=O) groups excluding carboxylic acids is 1. The van der Waals surface area contributed by atoms with Crippen LogP contribution in [0.2, 0.25) is 0 Å². The lowest BCUT2D eigenvalue weighted by Gasteiger charge is -2.09. The van der Waals surface area contributed by atoms with Gasteiger partial charge in [0.25, 0.3) is 5.91 Å². The number of nitrogens with two attached hydrogens (primary N) is 1. The van der Waals surface area contributed by atoms with Gasteiger partial charge in [-0.05, 0) is 29.8 Å². The Kier molecular flexibility index (Phi) is 4.61. The van der Waals surface area contributed by atoms with Gasteiger partial charge in [-0.2, -0.15) is 0 Å². The van der Waals surface area contributed by atoms with Crippen molar-refractivity contribution in [1.82, 2.24) is 10.3 Å². The number of nitrogen functional groups attached to an aromatic ring is 1. The Morgan fingerprint density at radius 3 is 2.76 bits per heavy atom. The number of nitrogens with one attached hydrogen (secondary N) is 1. The van der Waals surface area contributed by atoms with E-state index in [0.717, 1.165) is 5.56 Å². The Labute approximate surface area is 122 Å². The Hall–Kier alpha value is -2.76. The van der Waals surface area contributed by atoms with Gasteiger partial charge in [0.05, 0.1) is 19.8 Å². The van der Waals surface area contributed by atoms with Crippen molar-refractivity contribution in [2.45, 2.75) is 6.54 Å². The van der Waals surface area contributed by atoms with E-state index in [2.05, 4.69) is 10.3 Å². The first-order chi connectivity index (χ1) is 10.1. The summed E-state index contributed by atoms with van der Waals surface area (Å²) in [6.07, 6.45) is 1.63. The van der Waals surface area contributed by atoms with Crippen LogP contribution in [-0.4, -0.2) is 25.1 Å². The van der Waals surface area contributed by atoms with E-state index in [1.807, 2.05) is 0 Å². The van der Waals surface area contributed by atoms with Gasteiger partial charge in [0.2, 0.25) is 5.88 Å². The zero-order chi connectivity index (χ0) is 15.2. The summed E-state index contributed by atoms with van der Waals surface area (Å²) < 4.78 is 10.1. The number of hydrogen-bond donors (Lipinski definition) is 2. The van der Waals surface area contributed by atoms with E-state index in [1.54, 1.807) is 43.6 Å². The molecule has 3 N–H and O–H groups in total. The minimum atomic E-state index is -0.262. The van der Waals surface area contributed by atoms with E-state index in [0.29, 0.717) is 29.4 Å². The van der Waals surface area contributed by atoms with Crippen molar-refractivity contribution in [3.05, 3.63) is 47.7 Å². The van der Waals surface area contributed by atoms with Gasteiger partial charge in [-0.15, -0.1) is 0 Å². The van der Waals surface area contributed by atoms with Crippen LogP contribution < -0.4 is 20.5 Å². The lowest BCUT2D eigenvalue weighted by molar-refractivity contribution is 0.0951. The summed E-state index contributed by atoms with van der Waals surface area (Å²) >= 11 is 0. The van der Waals surface area contributed by atoms with Crippen molar-refractivity contribution >= 4 is 11.6 Å². The minimum absolute atomic E-state index is 0.262. The molecule has 0 radical (unpaired) electrons. The molecule has 0 spiro atoms. The first kappa shape index (κ1) is 14.6. The minimum Gasteiger partial charge on any atom is -0.497 e. The van der Waals surface area contributed by atoms with E-state index >= 15 is 0 Å². The molecule has 0 unspecified atom stereocenters.